The van der Waals surface area contributed by atoms with Crippen molar-refractivity contribution in [3.63, 3.8) is 0 Å². The van der Waals surface area contributed by atoms with Gasteiger partial charge in [0.1, 0.15) is 11.6 Å². The van der Waals surface area contributed by atoms with Crippen LogP contribution in [0.25, 0.3) is 0 Å². The van der Waals surface area contributed by atoms with E-state index >= 15 is 0 Å². The lowest BCUT2D eigenvalue weighted by molar-refractivity contribution is -0.126. The van der Waals surface area contributed by atoms with Gasteiger partial charge < -0.3 is 5.32 Å². The predicted molar refractivity (Wildman–Crippen MR) is 104 cm³/mol. The van der Waals surface area contributed by atoms with Crippen LogP contribution in [0, 0.1) is 23.5 Å². The monoisotopic (exact) mass is 404 g/mol. The fourth-order valence-electron chi connectivity index (χ4n) is 4.00. The van der Waals surface area contributed by atoms with Crippen LogP contribution in [0.5, 0.6) is 0 Å². The summed E-state index contributed by atoms with van der Waals surface area (Å²) in [7, 11) is 0. The van der Waals surface area contributed by atoms with Gasteiger partial charge in [-0.15, -0.1) is 0 Å². The minimum absolute atomic E-state index is 0.0239. The van der Waals surface area contributed by atoms with Gasteiger partial charge in [0.2, 0.25) is 5.91 Å². The molecule has 26 heavy (non-hydrogen) atoms. The summed E-state index contributed by atoms with van der Waals surface area (Å²) < 4.78 is 28.8. The lowest BCUT2D eigenvalue weighted by atomic mass is 9.90. The van der Waals surface area contributed by atoms with E-state index in [1.165, 1.54) is 24.1 Å². The van der Waals surface area contributed by atoms with E-state index in [0.717, 1.165) is 51.4 Å². The molecule has 2 aliphatic carbocycles. The molecule has 1 atom stereocenters. The van der Waals surface area contributed by atoms with Gasteiger partial charge in [-0.05, 0) is 50.0 Å². The van der Waals surface area contributed by atoms with Crippen LogP contribution >= 0.6 is 23.5 Å². The van der Waals surface area contributed by atoms with Gasteiger partial charge in [0.15, 0.2) is 0 Å². The first kappa shape index (κ1) is 21.5. The van der Waals surface area contributed by atoms with Crippen molar-refractivity contribution in [1.29, 1.82) is 0 Å². The number of benzene rings is 1. The number of carbonyl (C=O) groups is 1. The molecule has 0 heterocycles. The fourth-order valence-corrected chi connectivity index (χ4v) is 4.17. The highest BCUT2D eigenvalue weighted by molar-refractivity contribution is 7.96. The third kappa shape index (κ3) is 5.33. The number of nitrogens with one attached hydrogen (secondary N) is 1. The summed E-state index contributed by atoms with van der Waals surface area (Å²) in [5.74, 6) is -1.39. The molecule has 7 heteroatoms. The van der Waals surface area contributed by atoms with Crippen LogP contribution in [0.2, 0.25) is 5.02 Å². The van der Waals surface area contributed by atoms with Gasteiger partial charge in [-0.1, -0.05) is 49.2 Å². The molecule has 3 rings (SSSR count). The number of halogens is 3. The topological polar surface area (TPSA) is 55.1 Å². The molecule has 0 bridgehead atoms. The van der Waals surface area contributed by atoms with Crippen molar-refractivity contribution in [3.8, 4) is 0 Å². The maximum absolute atomic E-state index is 14.5. The van der Waals surface area contributed by atoms with Crippen molar-refractivity contribution in [1.82, 2.24) is 5.32 Å². The average Bonchev–Trinajstić information content (AvgIpc) is 3.31. The second-order valence-electron chi connectivity index (χ2n) is 7.00. The Morgan fingerprint density at radius 1 is 1.19 bits per heavy atom. The first-order chi connectivity index (χ1) is 12.5. The molecule has 0 aliphatic heterocycles. The number of carbonyl (C=O) groups excluding carboxylic acids is 1. The van der Waals surface area contributed by atoms with Crippen molar-refractivity contribution in [3.05, 3.63) is 34.4 Å². The number of rotatable bonds is 4. The SMILES string of the molecule is CSN.O=C(NC(c1c(F)ccc(Cl)c1F)C1CCCC1)C1CCCC1. The van der Waals surface area contributed by atoms with Crippen molar-refractivity contribution in [2.75, 3.05) is 6.26 Å². The molecule has 3 N–H and O–H groups in total. The summed E-state index contributed by atoms with van der Waals surface area (Å²) in [6.07, 6.45) is 9.46. The molecule has 0 radical (unpaired) electrons. The summed E-state index contributed by atoms with van der Waals surface area (Å²) in [4.78, 5) is 12.5. The molecule has 1 aromatic carbocycles. The minimum atomic E-state index is -0.740. The summed E-state index contributed by atoms with van der Waals surface area (Å²) in [5, 5.41) is 7.61. The first-order valence-electron chi connectivity index (χ1n) is 9.16. The molecule has 2 saturated carbocycles. The van der Waals surface area contributed by atoms with Gasteiger partial charge in [-0.2, -0.15) is 0 Å². The molecule has 2 aliphatic rings. The molecule has 0 aromatic heterocycles. The van der Waals surface area contributed by atoms with E-state index in [-0.39, 0.29) is 28.3 Å². The Labute approximate surface area is 163 Å². The third-order valence-electron chi connectivity index (χ3n) is 5.29. The maximum atomic E-state index is 14.5. The van der Waals surface area contributed by atoms with Crippen molar-refractivity contribution < 1.29 is 13.6 Å². The zero-order valence-corrected chi connectivity index (χ0v) is 16.6. The highest BCUT2D eigenvalue weighted by atomic mass is 35.5. The van der Waals surface area contributed by atoms with Crippen LogP contribution in [-0.2, 0) is 4.79 Å². The number of hydrogen-bond acceptors (Lipinski definition) is 3. The Kier molecular flexibility index (Phi) is 8.64. The molecular formula is C19H27ClF2N2OS. The second kappa shape index (κ2) is 10.5. The van der Waals surface area contributed by atoms with Gasteiger partial charge >= 0.3 is 0 Å². The van der Waals surface area contributed by atoms with E-state index in [0.29, 0.717) is 0 Å². The van der Waals surface area contributed by atoms with Crippen LogP contribution in [0.3, 0.4) is 0 Å². The van der Waals surface area contributed by atoms with E-state index in [1.807, 2.05) is 6.26 Å². The summed E-state index contributed by atoms with van der Waals surface area (Å²) >= 11 is 7.10. The normalized spacial score (nSPS) is 19.1. The largest absolute Gasteiger partial charge is 0.349 e. The fraction of sp³-hybridized carbons (Fsp3) is 0.632. The molecular weight excluding hydrogens is 378 g/mol. The summed E-state index contributed by atoms with van der Waals surface area (Å²) in [6, 6.07) is 1.79. The number of hydrogen-bond donors (Lipinski definition) is 2. The van der Waals surface area contributed by atoms with Gasteiger partial charge in [0.25, 0.3) is 0 Å². The molecule has 3 nitrogen and oxygen atoms in total. The smallest absolute Gasteiger partial charge is 0.223 e. The lowest BCUT2D eigenvalue weighted by Gasteiger charge is -2.27. The predicted octanol–water partition coefficient (Wildman–Crippen LogP) is 5.38. The molecule has 0 spiro atoms. The van der Waals surface area contributed by atoms with Gasteiger partial charge in [0, 0.05) is 11.5 Å². The van der Waals surface area contributed by atoms with Crippen LogP contribution in [0.15, 0.2) is 12.1 Å². The Bertz CT molecular complexity index is 605. The average molecular weight is 405 g/mol. The second-order valence-corrected chi connectivity index (χ2v) is 7.88. The minimum Gasteiger partial charge on any atom is -0.349 e. The highest BCUT2D eigenvalue weighted by Crippen LogP contribution is 2.39. The van der Waals surface area contributed by atoms with Gasteiger partial charge in [0.05, 0.1) is 11.1 Å². The Balaban J connectivity index is 0.000000758. The zero-order chi connectivity index (χ0) is 19.1. The Morgan fingerprint density at radius 2 is 1.73 bits per heavy atom. The van der Waals surface area contributed by atoms with E-state index in [4.69, 9.17) is 16.7 Å². The van der Waals surface area contributed by atoms with Gasteiger partial charge in [-0.25, -0.2) is 8.78 Å². The first-order valence-corrected chi connectivity index (χ1v) is 10.8. The van der Waals surface area contributed by atoms with Crippen LogP contribution in [0.1, 0.15) is 63.0 Å². The molecule has 1 aromatic rings. The van der Waals surface area contributed by atoms with Crippen molar-refractivity contribution in [2.24, 2.45) is 17.0 Å². The zero-order valence-electron chi connectivity index (χ0n) is 15.1. The van der Waals surface area contributed by atoms with E-state index in [1.54, 1.807) is 0 Å². The molecule has 2 fully saturated rings. The summed E-state index contributed by atoms with van der Waals surface area (Å²) in [5.41, 5.74) is -0.0734. The maximum Gasteiger partial charge on any atom is 0.223 e. The molecule has 1 amide bonds. The third-order valence-corrected chi connectivity index (χ3v) is 5.58. The van der Waals surface area contributed by atoms with Crippen LogP contribution in [0.4, 0.5) is 8.78 Å². The van der Waals surface area contributed by atoms with Gasteiger partial charge in [-0.3, -0.25) is 9.93 Å². The summed E-state index contributed by atoms with van der Waals surface area (Å²) in [6.45, 7) is 0. The van der Waals surface area contributed by atoms with Crippen LogP contribution in [-0.4, -0.2) is 12.2 Å². The Hall–Kier alpha value is -0.850. The molecule has 0 saturated heterocycles. The van der Waals surface area contributed by atoms with Crippen molar-refractivity contribution >= 4 is 29.5 Å². The Morgan fingerprint density at radius 3 is 2.31 bits per heavy atom. The van der Waals surface area contributed by atoms with E-state index < -0.39 is 17.7 Å². The molecule has 146 valence electrons. The highest BCUT2D eigenvalue weighted by Gasteiger charge is 2.34. The quantitative estimate of drug-likeness (QED) is 0.523. The number of amides is 1. The molecule has 1 unspecified atom stereocenters. The lowest BCUT2D eigenvalue weighted by Crippen LogP contribution is -2.37. The standard InChI is InChI=1S/C18H22ClF2NO.CH5NS/c19-13-9-10-14(20)15(16(13)21)17(11-5-1-2-6-11)22-18(23)12-7-3-4-8-12;1-3-2/h9-12,17H,1-8H2,(H,22,23);2H2,1H3. The van der Waals surface area contributed by atoms with E-state index in [9.17, 15) is 13.6 Å². The number of nitrogens with two attached hydrogens (primary N) is 1. The van der Waals surface area contributed by atoms with E-state index in [2.05, 4.69) is 5.32 Å². The van der Waals surface area contributed by atoms with Crippen molar-refractivity contribution in [2.45, 2.75) is 57.4 Å². The van der Waals surface area contributed by atoms with Crippen LogP contribution < -0.4 is 10.5 Å².